The maximum atomic E-state index is 13.4. The van der Waals surface area contributed by atoms with Gasteiger partial charge in [-0.2, -0.15) is 5.10 Å². The van der Waals surface area contributed by atoms with E-state index in [4.69, 9.17) is 9.47 Å². The van der Waals surface area contributed by atoms with Crippen molar-refractivity contribution in [3.63, 3.8) is 0 Å². The number of likely N-dealkylation sites (N-methyl/N-ethyl adjacent to an activating group) is 1. The molecule has 11 heteroatoms. The maximum absolute atomic E-state index is 13.4. The molecule has 2 rings (SSSR count). The quantitative estimate of drug-likeness (QED) is 0.429. The summed E-state index contributed by atoms with van der Waals surface area (Å²) in [5.41, 5.74) is 1.28. The molecule has 202 valence electrons. The van der Waals surface area contributed by atoms with Crippen LogP contribution in [0.5, 0.6) is 0 Å². The summed E-state index contributed by atoms with van der Waals surface area (Å²) >= 11 is 0. The zero-order chi connectivity index (χ0) is 27.7. The van der Waals surface area contributed by atoms with Crippen LogP contribution >= 0.6 is 0 Å². The summed E-state index contributed by atoms with van der Waals surface area (Å²) < 4.78 is 24.7. The summed E-state index contributed by atoms with van der Waals surface area (Å²) in [5, 5.41) is 7.00. The molecule has 2 atom stereocenters. The predicted molar refractivity (Wildman–Crippen MR) is 133 cm³/mol. The summed E-state index contributed by atoms with van der Waals surface area (Å²) in [6.07, 6.45) is 1.44. The van der Waals surface area contributed by atoms with Crippen molar-refractivity contribution in [2.24, 2.45) is 5.92 Å². The molecule has 0 unspecified atom stereocenters. The van der Waals surface area contributed by atoms with Crippen LogP contribution in [0, 0.1) is 18.7 Å². The first-order chi connectivity index (χ1) is 17.5. The van der Waals surface area contributed by atoms with Gasteiger partial charge in [-0.3, -0.25) is 14.4 Å². The van der Waals surface area contributed by atoms with E-state index in [1.54, 1.807) is 34.6 Å². The van der Waals surface area contributed by atoms with Crippen LogP contribution in [0.25, 0.3) is 5.69 Å². The minimum atomic E-state index is -1.08. The molecule has 0 saturated heterocycles. The second kappa shape index (κ2) is 13.5. The Bertz CT molecular complexity index is 1100. The molecule has 2 aromatic rings. The summed E-state index contributed by atoms with van der Waals surface area (Å²) in [6, 6.07) is 3.65. The minimum Gasteiger partial charge on any atom is -0.466 e. The fraction of sp³-hybridized carbons (Fsp3) is 0.500. The van der Waals surface area contributed by atoms with Gasteiger partial charge in [-0.25, -0.2) is 13.9 Å². The number of hydrogen-bond acceptors (Lipinski definition) is 7. The molecule has 0 radical (unpaired) electrons. The number of nitrogens with zero attached hydrogens (tertiary/aromatic N) is 3. The summed E-state index contributed by atoms with van der Waals surface area (Å²) in [5.74, 6) is -2.87. The second-order valence-electron chi connectivity index (χ2n) is 8.81. The Balaban J connectivity index is 2.23. The molecule has 0 aliphatic rings. The van der Waals surface area contributed by atoms with E-state index in [0.29, 0.717) is 11.4 Å². The number of aromatic nitrogens is 2. The first kappa shape index (κ1) is 29.5. The van der Waals surface area contributed by atoms with E-state index in [-0.39, 0.29) is 37.5 Å². The smallest absolute Gasteiger partial charge is 0.328 e. The molecule has 1 heterocycles. The van der Waals surface area contributed by atoms with Gasteiger partial charge in [0.1, 0.15) is 17.9 Å². The maximum Gasteiger partial charge on any atom is 0.328 e. The molecule has 0 saturated carbocycles. The number of esters is 2. The predicted octanol–water partition coefficient (Wildman–Crippen LogP) is 2.81. The van der Waals surface area contributed by atoms with Gasteiger partial charge in [-0.1, -0.05) is 13.8 Å². The number of hydrogen-bond donors (Lipinski definition) is 1. The summed E-state index contributed by atoms with van der Waals surface area (Å²) in [4.78, 5) is 52.3. The molecule has 0 aliphatic carbocycles. The Hall–Kier alpha value is -3.76. The molecule has 1 aromatic carbocycles. The number of amides is 2. The SMILES string of the molecule is CCOC(=O)CC[C@@H](NC(=O)[C@H](C(C)C)N(C)C(=O)c1cn(-c2ccc(F)cc2)nc1C)C(=O)OCC. The first-order valence-corrected chi connectivity index (χ1v) is 12.2. The first-order valence-electron chi connectivity index (χ1n) is 12.2. The van der Waals surface area contributed by atoms with Crippen LogP contribution in [-0.4, -0.2) is 70.8 Å². The highest BCUT2D eigenvalue weighted by Gasteiger charge is 2.34. The Morgan fingerprint density at radius 3 is 2.27 bits per heavy atom. The molecule has 0 bridgehead atoms. The van der Waals surface area contributed by atoms with E-state index in [9.17, 15) is 23.6 Å². The Morgan fingerprint density at radius 2 is 1.70 bits per heavy atom. The third-order valence-electron chi connectivity index (χ3n) is 5.69. The van der Waals surface area contributed by atoms with Gasteiger partial charge in [0.25, 0.3) is 5.91 Å². The van der Waals surface area contributed by atoms with Crippen molar-refractivity contribution >= 4 is 23.8 Å². The van der Waals surface area contributed by atoms with Gasteiger partial charge >= 0.3 is 11.9 Å². The van der Waals surface area contributed by atoms with Crippen molar-refractivity contribution < 1.29 is 33.0 Å². The molecular weight excluding hydrogens is 483 g/mol. The van der Waals surface area contributed by atoms with Crippen molar-refractivity contribution in [3.8, 4) is 5.69 Å². The highest BCUT2D eigenvalue weighted by atomic mass is 19.1. The van der Waals surface area contributed by atoms with Crippen LogP contribution < -0.4 is 5.32 Å². The standard InChI is InChI=1S/C26H35FN4O6/c1-7-36-22(32)14-13-21(26(35)37-8-2)28-24(33)23(16(3)4)30(6)25(34)20-15-31(29-17(20)5)19-11-9-18(27)10-12-19/h9-12,15-16,21,23H,7-8,13-14H2,1-6H3,(H,28,33)/t21-,23+/m1/s1. The molecule has 1 aromatic heterocycles. The largest absolute Gasteiger partial charge is 0.466 e. The zero-order valence-corrected chi connectivity index (χ0v) is 22.1. The number of aryl methyl sites for hydroxylation is 1. The van der Waals surface area contributed by atoms with Crippen LogP contribution in [0.1, 0.15) is 56.6 Å². The van der Waals surface area contributed by atoms with E-state index >= 15 is 0 Å². The monoisotopic (exact) mass is 518 g/mol. The van der Waals surface area contributed by atoms with Gasteiger partial charge in [-0.15, -0.1) is 0 Å². The number of rotatable bonds is 12. The number of carbonyl (C=O) groups excluding carboxylic acids is 4. The molecule has 1 N–H and O–H groups in total. The molecule has 0 spiro atoms. The topological polar surface area (TPSA) is 120 Å². The molecular formula is C26H35FN4O6. The third kappa shape index (κ3) is 7.86. The van der Waals surface area contributed by atoms with Gasteiger partial charge < -0.3 is 19.7 Å². The van der Waals surface area contributed by atoms with Crippen molar-refractivity contribution in [1.82, 2.24) is 20.0 Å². The Kier molecular flexibility index (Phi) is 10.8. The van der Waals surface area contributed by atoms with Crippen molar-refractivity contribution in [3.05, 3.63) is 47.5 Å². The summed E-state index contributed by atoms with van der Waals surface area (Å²) in [6.45, 7) is 8.84. The molecule has 0 fully saturated rings. The lowest BCUT2D eigenvalue weighted by atomic mass is 10.00. The number of ether oxygens (including phenoxy) is 2. The second-order valence-corrected chi connectivity index (χ2v) is 8.81. The van der Waals surface area contributed by atoms with E-state index in [2.05, 4.69) is 10.4 Å². The normalized spacial score (nSPS) is 12.5. The van der Waals surface area contributed by atoms with Gasteiger partial charge in [0.05, 0.1) is 30.2 Å². The van der Waals surface area contributed by atoms with Crippen LogP contribution in [-0.2, 0) is 23.9 Å². The van der Waals surface area contributed by atoms with E-state index in [1.807, 2.05) is 0 Å². The van der Waals surface area contributed by atoms with Gasteiger partial charge in [0.2, 0.25) is 5.91 Å². The fourth-order valence-corrected chi connectivity index (χ4v) is 3.88. The van der Waals surface area contributed by atoms with Gasteiger partial charge in [0, 0.05) is 19.7 Å². The summed E-state index contributed by atoms with van der Waals surface area (Å²) in [7, 11) is 1.50. The van der Waals surface area contributed by atoms with Crippen LogP contribution in [0.2, 0.25) is 0 Å². The number of benzene rings is 1. The average Bonchev–Trinajstić information content (AvgIpc) is 3.23. The zero-order valence-electron chi connectivity index (χ0n) is 22.1. The number of nitrogens with one attached hydrogen (secondary N) is 1. The Morgan fingerprint density at radius 1 is 1.08 bits per heavy atom. The van der Waals surface area contributed by atoms with Gasteiger partial charge in [0.15, 0.2) is 0 Å². The van der Waals surface area contributed by atoms with Gasteiger partial charge in [-0.05, 0) is 57.4 Å². The molecule has 2 amide bonds. The lowest BCUT2D eigenvalue weighted by Crippen LogP contribution is -2.54. The number of halogens is 1. The lowest BCUT2D eigenvalue weighted by Gasteiger charge is -2.31. The van der Waals surface area contributed by atoms with Crippen molar-refractivity contribution in [1.29, 1.82) is 0 Å². The van der Waals surface area contributed by atoms with Crippen molar-refractivity contribution in [2.45, 2.75) is 59.5 Å². The van der Waals surface area contributed by atoms with Crippen molar-refractivity contribution in [2.75, 3.05) is 20.3 Å². The third-order valence-corrected chi connectivity index (χ3v) is 5.69. The molecule has 37 heavy (non-hydrogen) atoms. The average molecular weight is 519 g/mol. The Labute approximate surface area is 216 Å². The van der Waals surface area contributed by atoms with Crippen LogP contribution in [0.4, 0.5) is 4.39 Å². The minimum absolute atomic E-state index is 0.00453. The fourth-order valence-electron chi connectivity index (χ4n) is 3.88. The van der Waals surface area contributed by atoms with E-state index < -0.39 is 41.7 Å². The highest BCUT2D eigenvalue weighted by molar-refractivity contribution is 5.98. The number of carbonyl (C=O) groups is 4. The molecule has 10 nitrogen and oxygen atoms in total. The molecule has 0 aliphatic heterocycles. The van der Waals surface area contributed by atoms with Crippen LogP contribution in [0.15, 0.2) is 30.5 Å². The highest BCUT2D eigenvalue weighted by Crippen LogP contribution is 2.18. The van der Waals surface area contributed by atoms with E-state index in [0.717, 1.165) is 0 Å². The van der Waals surface area contributed by atoms with E-state index in [1.165, 1.54) is 47.1 Å². The van der Waals surface area contributed by atoms with Crippen LogP contribution in [0.3, 0.4) is 0 Å². The lowest BCUT2D eigenvalue weighted by molar-refractivity contribution is -0.149.